The zero-order valence-corrected chi connectivity index (χ0v) is 13.5. The van der Waals surface area contributed by atoms with Gasteiger partial charge in [0.2, 0.25) is 0 Å². The highest BCUT2D eigenvalue weighted by Gasteiger charge is 2.30. The molecule has 2 fully saturated rings. The van der Waals surface area contributed by atoms with Crippen molar-refractivity contribution in [2.45, 2.75) is 31.7 Å². The van der Waals surface area contributed by atoms with Crippen LogP contribution in [0.15, 0.2) is 22.7 Å². The molecule has 5 heteroatoms. The summed E-state index contributed by atoms with van der Waals surface area (Å²) in [4.78, 5) is 14.4. The van der Waals surface area contributed by atoms with Crippen LogP contribution >= 0.6 is 15.9 Å². The fraction of sp³-hybridized carbons (Fsp3) is 0.562. The normalized spacial score (nSPS) is 23.5. The Morgan fingerprint density at radius 3 is 2.71 bits per heavy atom. The van der Waals surface area contributed by atoms with Gasteiger partial charge < -0.3 is 10.2 Å². The van der Waals surface area contributed by atoms with E-state index >= 15 is 0 Å². The minimum atomic E-state index is -0.369. The maximum Gasteiger partial charge on any atom is 0.255 e. The van der Waals surface area contributed by atoms with E-state index < -0.39 is 0 Å². The number of carbonyl (C=O) groups excluding carboxylic acids is 1. The average molecular weight is 355 g/mol. The Hall–Kier alpha value is -0.940. The van der Waals surface area contributed by atoms with Gasteiger partial charge in [-0.1, -0.05) is 0 Å². The number of nitrogens with zero attached hydrogens (tertiary/aromatic N) is 1. The number of rotatable bonds is 2. The summed E-state index contributed by atoms with van der Waals surface area (Å²) in [6.07, 6.45) is 4.60. The van der Waals surface area contributed by atoms with Gasteiger partial charge in [0.15, 0.2) is 0 Å². The summed E-state index contributed by atoms with van der Waals surface area (Å²) in [5, 5.41) is 3.56. The van der Waals surface area contributed by atoms with Gasteiger partial charge in [0.05, 0.1) is 5.56 Å². The fourth-order valence-corrected chi connectivity index (χ4v) is 3.87. The second-order valence-corrected chi connectivity index (χ2v) is 6.81. The number of carbonyl (C=O) groups is 1. The largest absolute Gasteiger partial charge is 0.339 e. The van der Waals surface area contributed by atoms with Crippen LogP contribution in [0.4, 0.5) is 4.39 Å². The first-order valence-corrected chi connectivity index (χ1v) is 8.42. The summed E-state index contributed by atoms with van der Waals surface area (Å²) < 4.78 is 14.0. The smallest absolute Gasteiger partial charge is 0.255 e. The Morgan fingerprint density at radius 1 is 1.29 bits per heavy atom. The predicted octanol–water partition coefficient (Wildman–Crippen LogP) is 3.19. The van der Waals surface area contributed by atoms with Crippen LogP contribution in [0.25, 0.3) is 0 Å². The first kappa shape index (κ1) is 15.0. The van der Waals surface area contributed by atoms with Crippen LogP contribution in [-0.2, 0) is 0 Å². The molecule has 0 saturated carbocycles. The minimum absolute atomic E-state index is 0.0702. The zero-order chi connectivity index (χ0) is 14.8. The third-order valence-electron chi connectivity index (χ3n) is 4.65. The topological polar surface area (TPSA) is 32.3 Å². The Labute approximate surface area is 133 Å². The first-order chi connectivity index (χ1) is 10.1. The van der Waals surface area contributed by atoms with Crippen molar-refractivity contribution in [1.29, 1.82) is 0 Å². The Kier molecular flexibility index (Phi) is 4.60. The highest BCUT2D eigenvalue weighted by molar-refractivity contribution is 9.10. The zero-order valence-electron chi connectivity index (χ0n) is 11.9. The third kappa shape index (κ3) is 3.29. The number of benzene rings is 1. The molecule has 0 radical (unpaired) electrons. The lowest BCUT2D eigenvalue weighted by Crippen LogP contribution is -2.43. The lowest BCUT2D eigenvalue weighted by Gasteiger charge is -2.35. The molecule has 3 nitrogen and oxygen atoms in total. The van der Waals surface area contributed by atoms with E-state index in [1.165, 1.54) is 25.0 Å². The molecule has 1 aromatic rings. The van der Waals surface area contributed by atoms with Crippen molar-refractivity contribution >= 4 is 21.8 Å². The molecule has 2 saturated heterocycles. The summed E-state index contributed by atoms with van der Waals surface area (Å²) in [7, 11) is 0. The molecule has 0 aliphatic carbocycles. The van der Waals surface area contributed by atoms with Gasteiger partial charge in [-0.2, -0.15) is 0 Å². The standard InChI is InChI=1S/C16H20BrFN2O/c17-14-4-3-12(18)10-13(14)16(21)20-8-5-11(6-9-20)15-2-1-7-19-15/h3-4,10-11,15,19H,1-2,5-9H2. The number of hydrogen-bond donors (Lipinski definition) is 1. The highest BCUT2D eigenvalue weighted by Crippen LogP contribution is 2.27. The molecule has 21 heavy (non-hydrogen) atoms. The van der Waals surface area contributed by atoms with Crippen LogP contribution in [0.2, 0.25) is 0 Å². The number of halogens is 2. The average Bonchev–Trinajstić information content (AvgIpc) is 3.03. The van der Waals surface area contributed by atoms with Crippen LogP contribution in [-0.4, -0.2) is 36.5 Å². The molecule has 0 spiro atoms. The number of likely N-dealkylation sites (tertiary alicyclic amines) is 1. The van der Waals surface area contributed by atoms with E-state index in [2.05, 4.69) is 21.2 Å². The molecule has 2 aliphatic rings. The van der Waals surface area contributed by atoms with Crippen molar-refractivity contribution in [1.82, 2.24) is 10.2 Å². The molecule has 2 aliphatic heterocycles. The third-order valence-corrected chi connectivity index (χ3v) is 5.34. The molecule has 1 unspecified atom stereocenters. The molecule has 1 atom stereocenters. The second-order valence-electron chi connectivity index (χ2n) is 5.96. The van der Waals surface area contributed by atoms with E-state index in [-0.39, 0.29) is 11.7 Å². The maximum absolute atomic E-state index is 13.3. The Morgan fingerprint density at radius 2 is 2.05 bits per heavy atom. The Balaban J connectivity index is 1.63. The van der Waals surface area contributed by atoms with E-state index in [1.54, 1.807) is 6.07 Å². The lowest BCUT2D eigenvalue weighted by atomic mass is 9.88. The molecule has 114 valence electrons. The van der Waals surface area contributed by atoms with Crippen molar-refractivity contribution in [3.8, 4) is 0 Å². The first-order valence-electron chi connectivity index (χ1n) is 7.63. The van der Waals surface area contributed by atoms with Crippen molar-refractivity contribution in [2.24, 2.45) is 5.92 Å². The molecule has 1 N–H and O–H groups in total. The molecule has 1 amide bonds. The number of amides is 1. The van der Waals surface area contributed by atoms with Crippen LogP contribution in [0.5, 0.6) is 0 Å². The van der Waals surface area contributed by atoms with Crippen molar-refractivity contribution in [3.05, 3.63) is 34.1 Å². The van der Waals surface area contributed by atoms with E-state index in [0.29, 0.717) is 22.0 Å². The van der Waals surface area contributed by atoms with Gasteiger partial charge in [0.1, 0.15) is 5.82 Å². The van der Waals surface area contributed by atoms with Crippen LogP contribution in [0.3, 0.4) is 0 Å². The van der Waals surface area contributed by atoms with Crippen LogP contribution in [0.1, 0.15) is 36.0 Å². The van der Waals surface area contributed by atoms with Crippen molar-refractivity contribution in [3.63, 3.8) is 0 Å². The van der Waals surface area contributed by atoms with E-state index in [1.807, 2.05) is 4.90 Å². The van der Waals surface area contributed by atoms with Crippen molar-refractivity contribution in [2.75, 3.05) is 19.6 Å². The second kappa shape index (κ2) is 6.44. The SMILES string of the molecule is O=C(c1cc(F)ccc1Br)N1CCC(C2CCCN2)CC1. The monoisotopic (exact) mass is 354 g/mol. The molecular weight excluding hydrogens is 335 g/mol. The van der Waals surface area contributed by atoms with Gasteiger partial charge >= 0.3 is 0 Å². The molecule has 1 aromatic carbocycles. The van der Waals surface area contributed by atoms with Gasteiger partial charge in [0.25, 0.3) is 5.91 Å². The maximum atomic E-state index is 13.3. The lowest BCUT2D eigenvalue weighted by molar-refractivity contribution is 0.0673. The summed E-state index contributed by atoms with van der Waals surface area (Å²) in [6, 6.07) is 4.90. The minimum Gasteiger partial charge on any atom is -0.339 e. The van der Waals surface area contributed by atoms with Gasteiger partial charge in [-0.05, 0) is 72.3 Å². The molecule has 2 heterocycles. The molecular formula is C16H20BrFN2O. The quantitative estimate of drug-likeness (QED) is 0.884. The summed E-state index contributed by atoms with van der Waals surface area (Å²) in [5.74, 6) is 0.235. The van der Waals surface area contributed by atoms with Gasteiger partial charge in [0, 0.05) is 23.6 Å². The number of piperidine rings is 1. The highest BCUT2D eigenvalue weighted by atomic mass is 79.9. The fourth-order valence-electron chi connectivity index (χ4n) is 3.45. The van der Waals surface area contributed by atoms with Crippen LogP contribution < -0.4 is 5.32 Å². The van der Waals surface area contributed by atoms with E-state index in [0.717, 1.165) is 32.5 Å². The van der Waals surface area contributed by atoms with Gasteiger partial charge in [-0.15, -0.1) is 0 Å². The van der Waals surface area contributed by atoms with Gasteiger partial charge in [-0.25, -0.2) is 4.39 Å². The van der Waals surface area contributed by atoms with Gasteiger partial charge in [-0.3, -0.25) is 4.79 Å². The molecule has 3 rings (SSSR count). The predicted molar refractivity (Wildman–Crippen MR) is 83.8 cm³/mol. The Bertz CT molecular complexity index is 523. The summed E-state index contributed by atoms with van der Waals surface area (Å²) in [6.45, 7) is 2.66. The van der Waals surface area contributed by atoms with E-state index in [9.17, 15) is 9.18 Å². The summed E-state index contributed by atoms with van der Waals surface area (Å²) in [5.41, 5.74) is 0.424. The number of nitrogens with one attached hydrogen (secondary N) is 1. The molecule has 0 bridgehead atoms. The summed E-state index contributed by atoms with van der Waals surface area (Å²) >= 11 is 3.34. The van der Waals surface area contributed by atoms with Crippen LogP contribution in [0, 0.1) is 11.7 Å². The van der Waals surface area contributed by atoms with E-state index in [4.69, 9.17) is 0 Å². The van der Waals surface area contributed by atoms with Crippen molar-refractivity contribution < 1.29 is 9.18 Å². The molecule has 0 aromatic heterocycles. The number of hydrogen-bond acceptors (Lipinski definition) is 2.